The van der Waals surface area contributed by atoms with Gasteiger partial charge in [0, 0.05) is 5.56 Å². The van der Waals surface area contributed by atoms with Crippen molar-refractivity contribution in [3.05, 3.63) is 76.5 Å². The van der Waals surface area contributed by atoms with Crippen molar-refractivity contribution in [2.24, 2.45) is 0 Å². The molecule has 0 fully saturated rings. The van der Waals surface area contributed by atoms with Crippen molar-refractivity contribution in [2.45, 2.75) is 19.4 Å². The highest BCUT2D eigenvalue weighted by atomic mass is 16.5. The van der Waals surface area contributed by atoms with Gasteiger partial charge in [-0.2, -0.15) is 4.68 Å². The zero-order chi connectivity index (χ0) is 22.0. The zero-order valence-electron chi connectivity index (χ0n) is 17.3. The van der Waals surface area contributed by atoms with Crippen molar-refractivity contribution >= 4 is 17.7 Å². The first kappa shape index (κ1) is 20.3. The summed E-state index contributed by atoms with van der Waals surface area (Å²) in [6, 6.07) is 13.8. The first-order chi connectivity index (χ1) is 15.1. The average Bonchev–Trinajstić information content (AvgIpc) is 3.30. The summed E-state index contributed by atoms with van der Waals surface area (Å²) in [4.78, 5) is 26.3. The molecule has 0 amide bonds. The Morgan fingerprint density at radius 1 is 1.13 bits per heavy atom. The summed E-state index contributed by atoms with van der Waals surface area (Å²) in [6.07, 6.45) is 0.876. The first-order valence-electron chi connectivity index (χ1n) is 9.72. The second-order valence-corrected chi connectivity index (χ2v) is 6.91. The van der Waals surface area contributed by atoms with Gasteiger partial charge in [0.2, 0.25) is 5.95 Å². The van der Waals surface area contributed by atoms with Gasteiger partial charge in [-0.3, -0.25) is 4.79 Å². The molecule has 2 heterocycles. The molecule has 0 aliphatic carbocycles. The normalized spacial score (nSPS) is 15.1. The summed E-state index contributed by atoms with van der Waals surface area (Å²) in [6.45, 7) is 2.06. The van der Waals surface area contributed by atoms with E-state index in [1.807, 2.05) is 24.3 Å². The maximum absolute atomic E-state index is 13.7. The maximum atomic E-state index is 13.7. The average molecular weight is 419 g/mol. The fourth-order valence-electron chi connectivity index (χ4n) is 3.55. The van der Waals surface area contributed by atoms with Crippen LogP contribution in [0.25, 0.3) is 0 Å². The molecule has 158 valence electrons. The Bertz CT molecular complexity index is 1170. The van der Waals surface area contributed by atoms with Gasteiger partial charge in [-0.1, -0.05) is 48.4 Å². The predicted octanol–water partition coefficient (Wildman–Crippen LogP) is 2.57. The van der Waals surface area contributed by atoms with E-state index in [4.69, 9.17) is 9.47 Å². The number of ketones is 1. The molecule has 1 N–H and O–H groups in total. The van der Waals surface area contributed by atoms with E-state index in [0.717, 1.165) is 17.5 Å². The lowest BCUT2D eigenvalue weighted by Gasteiger charge is -2.28. The maximum Gasteiger partial charge on any atom is 0.355 e. The molecule has 0 saturated carbocycles. The number of aromatic nitrogens is 4. The lowest BCUT2D eigenvalue weighted by molar-refractivity contribution is -0.136. The van der Waals surface area contributed by atoms with Crippen LogP contribution in [0.1, 0.15) is 34.5 Å². The number of hydrogen-bond donors (Lipinski definition) is 1. The second-order valence-electron chi connectivity index (χ2n) is 6.91. The summed E-state index contributed by atoms with van der Waals surface area (Å²) < 4.78 is 11.7. The van der Waals surface area contributed by atoms with Gasteiger partial charge in [0.1, 0.15) is 17.5 Å². The standard InChI is InChI=1S/C22H21N5O4/c1-4-13-8-10-14(11-9-13)19-17(20(28)15-6-5-7-16(12-15)30-2)18(21(29)31-3)23-22-24-25-26-27(19)22/h5-12,19H,4H2,1-3H3,(H,23,24,26)/t19-/m0/s1. The third kappa shape index (κ3) is 3.65. The molecule has 0 spiro atoms. The number of ether oxygens (including phenoxy) is 2. The largest absolute Gasteiger partial charge is 0.497 e. The topological polar surface area (TPSA) is 108 Å². The Kier molecular flexibility index (Phi) is 5.48. The van der Waals surface area contributed by atoms with Crippen molar-refractivity contribution in [3.8, 4) is 5.75 Å². The molecular weight excluding hydrogens is 398 g/mol. The van der Waals surface area contributed by atoms with Crippen LogP contribution in [0.4, 0.5) is 5.95 Å². The SMILES string of the molecule is CCc1ccc([C@H]2C(C(=O)c3cccc(OC)c3)=C(C(=O)OC)Nc3nnnn32)cc1. The first-order valence-corrected chi connectivity index (χ1v) is 9.72. The van der Waals surface area contributed by atoms with Crippen LogP contribution in [0.5, 0.6) is 5.75 Å². The number of Topliss-reactive ketones (excluding diaryl/α,β-unsaturated/α-hetero) is 1. The number of tetrazole rings is 1. The summed E-state index contributed by atoms with van der Waals surface area (Å²) >= 11 is 0. The molecular formula is C22H21N5O4. The number of anilines is 1. The molecule has 4 rings (SSSR count). The van der Waals surface area contributed by atoms with Gasteiger partial charge >= 0.3 is 5.97 Å². The van der Waals surface area contributed by atoms with Crippen molar-refractivity contribution < 1.29 is 19.1 Å². The summed E-state index contributed by atoms with van der Waals surface area (Å²) in [5.41, 5.74) is 2.46. The lowest BCUT2D eigenvalue weighted by Crippen LogP contribution is -2.33. The highest BCUT2D eigenvalue weighted by Gasteiger charge is 2.38. The number of esters is 1. The van der Waals surface area contributed by atoms with Crippen LogP contribution >= 0.6 is 0 Å². The third-order valence-electron chi connectivity index (χ3n) is 5.19. The number of carbonyl (C=O) groups excluding carboxylic acids is 2. The van der Waals surface area contributed by atoms with Crippen molar-refractivity contribution in [1.82, 2.24) is 20.2 Å². The minimum Gasteiger partial charge on any atom is -0.497 e. The number of allylic oxidation sites excluding steroid dienone is 1. The van der Waals surface area contributed by atoms with E-state index < -0.39 is 12.0 Å². The van der Waals surface area contributed by atoms with Gasteiger partial charge < -0.3 is 14.8 Å². The molecule has 0 saturated heterocycles. The predicted molar refractivity (Wildman–Crippen MR) is 112 cm³/mol. The monoisotopic (exact) mass is 419 g/mol. The van der Waals surface area contributed by atoms with E-state index in [1.165, 1.54) is 18.9 Å². The summed E-state index contributed by atoms with van der Waals surface area (Å²) in [5, 5.41) is 14.6. The molecule has 1 aliphatic rings. The number of benzene rings is 2. The highest BCUT2D eigenvalue weighted by Crippen LogP contribution is 2.37. The van der Waals surface area contributed by atoms with Gasteiger partial charge in [0.15, 0.2) is 5.78 Å². The van der Waals surface area contributed by atoms with Gasteiger partial charge in [0.25, 0.3) is 0 Å². The molecule has 2 aromatic carbocycles. The van der Waals surface area contributed by atoms with Crippen LogP contribution in [-0.4, -0.2) is 46.2 Å². The van der Waals surface area contributed by atoms with Crippen LogP contribution in [0.3, 0.4) is 0 Å². The van der Waals surface area contributed by atoms with Gasteiger partial charge in [-0.25, -0.2) is 4.79 Å². The van der Waals surface area contributed by atoms with Gasteiger partial charge in [-0.15, -0.1) is 0 Å². The third-order valence-corrected chi connectivity index (χ3v) is 5.19. The van der Waals surface area contributed by atoms with E-state index >= 15 is 0 Å². The molecule has 1 aromatic heterocycles. The van der Waals surface area contributed by atoms with Crippen molar-refractivity contribution in [2.75, 3.05) is 19.5 Å². The van der Waals surface area contributed by atoms with E-state index in [9.17, 15) is 9.59 Å². The highest BCUT2D eigenvalue weighted by molar-refractivity contribution is 6.15. The Morgan fingerprint density at radius 3 is 2.58 bits per heavy atom. The minimum absolute atomic E-state index is 0.00203. The van der Waals surface area contributed by atoms with E-state index in [1.54, 1.807) is 24.3 Å². The number of fused-ring (bicyclic) bond motifs is 1. The fourth-order valence-corrected chi connectivity index (χ4v) is 3.55. The van der Waals surface area contributed by atoms with Crippen LogP contribution < -0.4 is 10.1 Å². The van der Waals surface area contributed by atoms with Crippen molar-refractivity contribution in [1.29, 1.82) is 0 Å². The van der Waals surface area contributed by atoms with Crippen LogP contribution in [-0.2, 0) is 16.0 Å². The number of rotatable bonds is 6. The Balaban J connectivity index is 1.92. The Morgan fingerprint density at radius 2 is 1.90 bits per heavy atom. The fraction of sp³-hybridized carbons (Fsp3) is 0.227. The molecule has 3 aromatic rings. The molecule has 1 atom stereocenters. The van der Waals surface area contributed by atoms with E-state index in [-0.39, 0.29) is 23.0 Å². The van der Waals surface area contributed by atoms with Crippen LogP contribution in [0.15, 0.2) is 59.8 Å². The molecule has 0 radical (unpaired) electrons. The molecule has 1 aliphatic heterocycles. The lowest BCUT2D eigenvalue weighted by atomic mass is 9.89. The van der Waals surface area contributed by atoms with Gasteiger partial charge in [0.05, 0.1) is 19.8 Å². The number of nitrogens with one attached hydrogen (secondary N) is 1. The molecule has 9 nitrogen and oxygen atoms in total. The van der Waals surface area contributed by atoms with Crippen LogP contribution in [0.2, 0.25) is 0 Å². The molecule has 31 heavy (non-hydrogen) atoms. The number of nitrogens with zero attached hydrogens (tertiary/aromatic N) is 4. The van der Waals surface area contributed by atoms with E-state index in [0.29, 0.717) is 11.3 Å². The quantitative estimate of drug-likeness (QED) is 0.480. The van der Waals surface area contributed by atoms with E-state index in [2.05, 4.69) is 27.8 Å². The number of carbonyl (C=O) groups is 2. The summed E-state index contributed by atoms with van der Waals surface area (Å²) in [7, 11) is 2.78. The molecule has 0 bridgehead atoms. The minimum atomic E-state index is -0.718. The Labute approximate surface area is 178 Å². The smallest absolute Gasteiger partial charge is 0.355 e. The number of aryl methyl sites for hydroxylation is 1. The molecule has 0 unspecified atom stereocenters. The second kappa shape index (κ2) is 8.39. The number of methoxy groups -OCH3 is 2. The zero-order valence-corrected chi connectivity index (χ0v) is 17.3. The number of hydrogen-bond acceptors (Lipinski definition) is 8. The Hall–Kier alpha value is -4.01. The van der Waals surface area contributed by atoms with Crippen molar-refractivity contribution in [3.63, 3.8) is 0 Å². The van der Waals surface area contributed by atoms with Gasteiger partial charge in [-0.05, 0) is 40.1 Å². The summed E-state index contributed by atoms with van der Waals surface area (Å²) in [5.74, 6) is -0.276. The molecule has 9 heteroatoms. The van der Waals surface area contributed by atoms with Crippen LogP contribution in [0, 0.1) is 0 Å².